The minimum Gasteiger partial charge on any atom is -0.317 e. The molecule has 0 aromatic heterocycles. The van der Waals surface area contributed by atoms with Crippen LogP contribution < -0.4 is 5.32 Å². The predicted molar refractivity (Wildman–Crippen MR) is 54.7 cm³/mol. The van der Waals surface area contributed by atoms with Crippen molar-refractivity contribution >= 4 is 0 Å². The lowest BCUT2D eigenvalue weighted by Gasteiger charge is -2.40. The first kappa shape index (κ1) is 9.44. The van der Waals surface area contributed by atoms with Crippen LogP contribution in [0.2, 0.25) is 0 Å². The molecule has 0 spiro atoms. The molecule has 2 heterocycles. The molecule has 0 aliphatic carbocycles. The van der Waals surface area contributed by atoms with Crippen LogP contribution in [0.5, 0.6) is 0 Å². The zero-order valence-electron chi connectivity index (χ0n) is 8.63. The van der Waals surface area contributed by atoms with Gasteiger partial charge in [-0.2, -0.15) is 0 Å². The van der Waals surface area contributed by atoms with Crippen molar-refractivity contribution in [2.45, 2.75) is 25.3 Å². The van der Waals surface area contributed by atoms with Gasteiger partial charge in [0.15, 0.2) is 0 Å². The van der Waals surface area contributed by atoms with Crippen molar-refractivity contribution in [2.24, 2.45) is 0 Å². The lowest BCUT2D eigenvalue weighted by Crippen LogP contribution is -2.50. The predicted octanol–water partition coefficient (Wildman–Crippen LogP) is 0.333. The Hall–Kier alpha value is -0.120. The van der Waals surface area contributed by atoms with E-state index in [1.54, 1.807) is 0 Å². The van der Waals surface area contributed by atoms with Crippen molar-refractivity contribution in [3.63, 3.8) is 0 Å². The third-order valence-electron chi connectivity index (χ3n) is 3.23. The standard InChI is InChI=1S/C10H21N3/c1-12-7-2-8-13(9-12)10-3-5-11-6-4-10/h10-11H,2-9H2,1H3. The molecule has 2 aliphatic heterocycles. The van der Waals surface area contributed by atoms with Gasteiger partial charge in [-0.3, -0.25) is 9.80 Å². The van der Waals surface area contributed by atoms with Crippen LogP contribution in [0.25, 0.3) is 0 Å². The molecule has 0 amide bonds. The zero-order valence-corrected chi connectivity index (χ0v) is 8.63. The summed E-state index contributed by atoms with van der Waals surface area (Å²) in [5.74, 6) is 0. The van der Waals surface area contributed by atoms with Crippen molar-refractivity contribution in [1.82, 2.24) is 15.1 Å². The molecule has 3 nitrogen and oxygen atoms in total. The van der Waals surface area contributed by atoms with Gasteiger partial charge in [-0.1, -0.05) is 0 Å². The highest BCUT2D eigenvalue weighted by Crippen LogP contribution is 2.15. The molecule has 2 rings (SSSR count). The number of nitrogens with zero attached hydrogens (tertiary/aromatic N) is 2. The second-order valence-corrected chi connectivity index (χ2v) is 4.37. The van der Waals surface area contributed by atoms with Gasteiger partial charge in [0.25, 0.3) is 0 Å². The average Bonchev–Trinajstić information content (AvgIpc) is 2.19. The monoisotopic (exact) mass is 183 g/mol. The van der Waals surface area contributed by atoms with E-state index < -0.39 is 0 Å². The highest BCUT2D eigenvalue weighted by Gasteiger charge is 2.23. The summed E-state index contributed by atoms with van der Waals surface area (Å²) >= 11 is 0. The third-order valence-corrected chi connectivity index (χ3v) is 3.23. The molecule has 1 N–H and O–H groups in total. The van der Waals surface area contributed by atoms with E-state index in [1.165, 1.54) is 52.1 Å². The summed E-state index contributed by atoms with van der Waals surface area (Å²) in [7, 11) is 2.23. The normalized spacial score (nSPS) is 29.3. The number of hydrogen-bond acceptors (Lipinski definition) is 3. The van der Waals surface area contributed by atoms with E-state index >= 15 is 0 Å². The summed E-state index contributed by atoms with van der Waals surface area (Å²) in [6, 6.07) is 0.851. The van der Waals surface area contributed by atoms with E-state index in [2.05, 4.69) is 22.2 Å². The molecular weight excluding hydrogens is 162 g/mol. The van der Waals surface area contributed by atoms with Crippen LogP contribution in [0.15, 0.2) is 0 Å². The molecule has 0 unspecified atom stereocenters. The zero-order chi connectivity index (χ0) is 9.10. The number of piperidine rings is 1. The van der Waals surface area contributed by atoms with Gasteiger partial charge in [0.05, 0.1) is 6.67 Å². The van der Waals surface area contributed by atoms with E-state index in [0.29, 0.717) is 0 Å². The lowest BCUT2D eigenvalue weighted by atomic mass is 10.0. The maximum absolute atomic E-state index is 3.42. The molecule has 2 fully saturated rings. The van der Waals surface area contributed by atoms with Gasteiger partial charge in [-0.25, -0.2) is 0 Å². The first-order chi connectivity index (χ1) is 6.36. The Morgan fingerprint density at radius 3 is 2.62 bits per heavy atom. The van der Waals surface area contributed by atoms with Crippen molar-refractivity contribution in [3.8, 4) is 0 Å². The molecule has 2 saturated heterocycles. The van der Waals surface area contributed by atoms with E-state index in [1.807, 2.05) is 0 Å². The van der Waals surface area contributed by atoms with Crippen LogP contribution >= 0.6 is 0 Å². The van der Waals surface area contributed by atoms with Crippen LogP contribution in [0.3, 0.4) is 0 Å². The van der Waals surface area contributed by atoms with Gasteiger partial charge in [-0.15, -0.1) is 0 Å². The fraction of sp³-hybridized carbons (Fsp3) is 1.00. The Bertz CT molecular complexity index is 154. The largest absolute Gasteiger partial charge is 0.317 e. The molecule has 0 radical (unpaired) electrons. The fourth-order valence-electron chi connectivity index (χ4n) is 2.47. The van der Waals surface area contributed by atoms with Crippen molar-refractivity contribution in [2.75, 3.05) is 39.9 Å². The lowest BCUT2D eigenvalue weighted by molar-refractivity contribution is 0.0555. The highest BCUT2D eigenvalue weighted by atomic mass is 15.3. The molecular formula is C10H21N3. The van der Waals surface area contributed by atoms with E-state index in [9.17, 15) is 0 Å². The second-order valence-electron chi connectivity index (χ2n) is 4.37. The minimum atomic E-state index is 0.851. The Balaban J connectivity index is 1.83. The Morgan fingerprint density at radius 1 is 1.15 bits per heavy atom. The number of rotatable bonds is 1. The van der Waals surface area contributed by atoms with Gasteiger partial charge < -0.3 is 5.32 Å². The minimum absolute atomic E-state index is 0.851. The molecule has 76 valence electrons. The topological polar surface area (TPSA) is 18.5 Å². The van der Waals surface area contributed by atoms with E-state index in [4.69, 9.17) is 0 Å². The van der Waals surface area contributed by atoms with Gasteiger partial charge in [0.2, 0.25) is 0 Å². The summed E-state index contributed by atoms with van der Waals surface area (Å²) in [5.41, 5.74) is 0. The first-order valence-corrected chi connectivity index (χ1v) is 5.49. The van der Waals surface area contributed by atoms with Crippen LogP contribution in [0.4, 0.5) is 0 Å². The fourth-order valence-corrected chi connectivity index (χ4v) is 2.47. The summed E-state index contributed by atoms with van der Waals surface area (Å²) in [6.45, 7) is 6.21. The summed E-state index contributed by atoms with van der Waals surface area (Å²) in [6.07, 6.45) is 4.03. The summed E-state index contributed by atoms with van der Waals surface area (Å²) < 4.78 is 0. The summed E-state index contributed by atoms with van der Waals surface area (Å²) in [5, 5.41) is 3.42. The molecule has 0 aromatic carbocycles. The van der Waals surface area contributed by atoms with Crippen molar-refractivity contribution < 1.29 is 0 Å². The smallest absolute Gasteiger partial charge is 0.0506 e. The quantitative estimate of drug-likeness (QED) is 0.632. The molecule has 3 heteroatoms. The van der Waals surface area contributed by atoms with Crippen molar-refractivity contribution in [3.05, 3.63) is 0 Å². The SMILES string of the molecule is CN1CCCN(C2CCNCC2)C1. The molecule has 0 saturated carbocycles. The maximum atomic E-state index is 3.42. The number of hydrogen-bond donors (Lipinski definition) is 1. The van der Waals surface area contributed by atoms with E-state index in [-0.39, 0.29) is 0 Å². The Morgan fingerprint density at radius 2 is 1.92 bits per heavy atom. The Labute approximate surface area is 81.1 Å². The second kappa shape index (κ2) is 4.40. The van der Waals surface area contributed by atoms with Crippen LogP contribution in [-0.4, -0.2) is 55.7 Å². The summed E-state index contributed by atoms with van der Waals surface area (Å²) in [4.78, 5) is 5.09. The van der Waals surface area contributed by atoms with Crippen LogP contribution in [-0.2, 0) is 0 Å². The van der Waals surface area contributed by atoms with Gasteiger partial charge >= 0.3 is 0 Å². The third kappa shape index (κ3) is 2.42. The van der Waals surface area contributed by atoms with Crippen LogP contribution in [0, 0.1) is 0 Å². The molecule has 0 aromatic rings. The van der Waals surface area contributed by atoms with Gasteiger partial charge in [0.1, 0.15) is 0 Å². The van der Waals surface area contributed by atoms with Crippen molar-refractivity contribution in [1.29, 1.82) is 0 Å². The van der Waals surface area contributed by atoms with Crippen LogP contribution in [0.1, 0.15) is 19.3 Å². The first-order valence-electron chi connectivity index (χ1n) is 5.49. The number of nitrogens with one attached hydrogen (secondary N) is 1. The van der Waals surface area contributed by atoms with Gasteiger partial charge in [0, 0.05) is 19.1 Å². The average molecular weight is 183 g/mol. The molecule has 2 aliphatic rings. The Kier molecular flexibility index (Phi) is 3.19. The van der Waals surface area contributed by atoms with E-state index in [0.717, 1.165) is 6.04 Å². The molecule has 13 heavy (non-hydrogen) atoms. The molecule has 0 atom stereocenters. The maximum Gasteiger partial charge on any atom is 0.0506 e. The molecule has 0 bridgehead atoms. The highest BCUT2D eigenvalue weighted by molar-refractivity contribution is 4.79. The van der Waals surface area contributed by atoms with Gasteiger partial charge in [-0.05, 0) is 39.4 Å².